The van der Waals surface area contributed by atoms with E-state index in [1.165, 1.54) is 16.8 Å². The fraction of sp³-hybridized carbons (Fsp3) is 0.417. The number of aliphatic imine (C=N–C) groups is 1. The summed E-state index contributed by atoms with van der Waals surface area (Å²) in [5.74, 6) is 1.06. The molecule has 1 aromatic carbocycles. The summed E-state index contributed by atoms with van der Waals surface area (Å²) in [6, 6.07) is 6.49. The molecule has 0 aliphatic carbocycles. The Morgan fingerprint density at radius 3 is 2.60 bits per heavy atom. The van der Waals surface area contributed by atoms with Gasteiger partial charge in [0.15, 0.2) is 0 Å². The van der Waals surface area contributed by atoms with Gasteiger partial charge in [0, 0.05) is 12.2 Å². The number of rotatable bonds is 3. The Hall–Kier alpha value is -1.51. The minimum Gasteiger partial charge on any atom is -0.378 e. The third-order valence-electron chi connectivity index (χ3n) is 2.43. The summed E-state index contributed by atoms with van der Waals surface area (Å²) < 4.78 is 0. The molecule has 0 saturated heterocycles. The summed E-state index contributed by atoms with van der Waals surface area (Å²) in [6.07, 6.45) is 0. The predicted octanol–water partition coefficient (Wildman–Crippen LogP) is 1.72. The van der Waals surface area contributed by atoms with Crippen molar-refractivity contribution < 1.29 is 0 Å². The Labute approximate surface area is 90.6 Å². The number of hydrogen-bond acceptors (Lipinski definition) is 3. The molecule has 0 amide bonds. The number of benzene rings is 1. The summed E-state index contributed by atoms with van der Waals surface area (Å²) in [5, 5.41) is 6.62. The van der Waals surface area contributed by atoms with Crippen LogP contribution >= 0.6 is 0 Å². The zero-order valence-corrected chi connectivity index (χ0v) is 9.30. The van der Waals surface area contributed by atoms with Gasteiger partial charge in [-0.25, -0.2) is 0 Å². The first kappa shape index (κ1) is 10.0. The monoisotopic (exact) mass is 203 g/mol. The summed E-state index contributed by atoms with van der Waals surface area (Å²) in [6.45, 7) is 6.91. The summed E-state index contributed by atoms with van der Waals surface area (Å²) in [7, 11) is 0. The van der Waals surface area contributed by atoms with Gasteiger partial charge in [0.25, 0.3) is 0 Å². The Kier molecular flexibility index (Phi) is 2.90. The lowest BCUT2D eigenvalue weighted by atomic mass is 10.1. The van der Waals surface area contributed by atoms with Crippen LogP contribution in [-0.4, -0.2) is 25.5 Å². The first-order chi connectivity index (χ1) is 7.24. The van der Waals surface area contributed by atoms with Crippen LogP contribution in [0, 0.1) is 13.8 Å². The lowest BCUT2D eigenvalue weighted by Crippen LogP contribution is -2.26. The minimum absolute atomic E-state index is 0.795. The zero-order valence-electron chi connectivity index (χ0n) is 9.30. The van der Waals surface area contributed by atoms with Crippen molar-refractivity contribution in [3.8, 4) is 0 Å². The van der Waals surface area contributed by atoms with Crippen LogP contribution in [0.2, 0.25) is 0 Å². The van der Waals surface area contributed by atoms with Crippen molar-refractivity contribution in [3.63, 3.8) is 0 Å². The van der Waals surface area contributed by atoms with Crippen LogP contribution in [0.15, 0.2) is 23.2 Å². The van der Waals surface area contributed by atoms with Crippen molar-refractivity contribution in [2.75, 3.05) is 25.0 Å². The van der Waals surface area contributed by atoms with Gasteiger partial charge in [-0.15, -0.1) is 0 Å². The Morgan fingerprint density at radius 2 is 2.00 bits per heavy atom. The summed E-state index contributed by atoms with van der Waals surface area (Å²) in [4.78, 5) is 4.34. The van der Waals surface area contributed by atoms with E-state index >= 15 is 0 Å². The van der Waals surface area contributed by atoms with E-state index in [1.807, 2.05) is 0 Å². The molecule has 0 saturated carbocycles. The van der Waals surface area contributed by atoms with Crippen molar-refractivity contribution in [1.29, 1.82) is 0 Å². The van der Waals surface area contributed by atoms with Gasteiger partial charge in [-0.1, -0.05) is 6.07 Å². The fourth-order valence-electron chi connectivity index (χ4n) is 1.83. The molecule has 0 fully saturated rings. The molecule has 80 valence electrons. The van der Waals surface area contributed by atoms with Crippen molar-refractivity contribution in [1.82, 2.24) is 5.32 Å². The highest BCUT2D eigenvalue weighted by Crippen LogP contribution is 2.13. The topological polar surface area (TPSA) is 36.4 Å². The molecular formula is C12H17N3. The molecule has 0 unspecified atom stereocenters. The smallest absolute Gasteiger partial charge is 0.116 e. The van der Waals surface area contributed by atoms with Gasteiger partial charge in [-0.3, -0.25) is 4.99 Å². The second kappa shape index (κ2) is 4.34. The van der Waals surface area contributed by atoms with E-state index in [4.69, 9.17) is 0 Å². The van der Waals surface area contributed by atoms with Gasteiger partial charge in [0.1, 0.15) is 5.84 Å². The number of nitrogens with one attached hydrogen (secondary N) is 2. The van der Waals surface area contributed by atoms with Crippen molar-refractivity contribution in [2.24, 2.45) is 4.99 Å². The Balaban J connectivity index is 1.98. The highest BCUT2D eigenvalue weighted by atomic mass is 15.1. The van der Waals surface area contributed by atoms with Crippen molar-refractivity contribution in [3.05, 3.63) is 29.3 Å². The third-order valence-corrected chi connectivity index (χ3v) is 2.43. The van der Waals surface area contributed by atoms with Crippen molar-refractivity contribution in [2.45, 2.75) is 13.8 Å². The van der Waals surface area contributed by atoms with E-state index < -0.39 is 0 Å². The molecule has 0 spiro atoms. The first-order valence-corrected chi connectivity index (χ1v) is 5.33. The van der Waals surface area contributed by atoms with Crippen LogP contribution in [0.5, 0.6) is 0 Å². The number of hydrogen-bond donors (Lipinski definition) is 2. The summed E-state index contributed by atoms with van der Waals surface area (Å²) in [5.41, 5.74) is 3.75. The number of amidine groups is 1. The summed E-state index contributed by atoms with van der Waals surface area (Å²) >= 11 is 0. The van der Waals surface area contributed by atoms with Crippen LogP contribution in [0.1, 0.15) is 11.1 Å². The fourth-order valence-corrected chi connectivity index (χ4v) is 1.83. The molecular weight excluding hydrogens is 186 g/mol. The van der Waals surface area contributed by atoms with E-state index in [1.54, 1.807) is 0 Å². The first-order valence-electron chi connectivity index (χ1n) is 5.33. The highest BCUT2D eigenvalue weighted by molar-refractivity contribution is 5.87. The standard InChI is InChI=1S/C12H17N3/c1-9-5-10(2)7-11(6-9)15-8-12-13-3-4-14-12/h5-7,15H,3-4,8H2,1-2H3,(H,13,14). The second-order valence-electron chi connectivity index (χ2n) is 3.99. The number of nitrogens with zero attached hydrogens (tertiary/aromatic N) is 1. The van der Waals surface area contributed by atoms with Gasteiger partial charge in [-0.2, -0.15) is 0 Å². The SMILES string of the molecule is Cc1cc(C)cc(NCC2=NCCN2)c1. The molecule has 15 heavy (non-hydrogen) atoms. The van der Waals surface area contributed by atoms with E-state index in [-0.39, 0.29) is 0 Å². The van der Waals surface area contributed by atoms with Crippen LogP contribution in [0.4, 0.5) is 5.69 Å². The third kappa shape index (κ3) is 2.72. The molecule has 1 aliphatic rings. The van der Waals surface area contributed by atoms with Gasteiger partial charge in [0.05, 0.1) is 13.1 Å². The minimum atomic E-state index is 0.795. The van der Waals surface area contributed by atoms with Crippen LogP contribution in [0.3, 0.4) is 0 Å². The Morgan fingerprint density at radius 1 is 1.27 bits per heavy atom. The molecule has 1 aliphatic heterocycles. The lowest BCUT2D eigenvalue weighted by molar-refractivity contribution is 0.956. The maximum Gasteiger partial charge on any atom is 0.116 e. The van der Waals surface area contributed by atoms with Crippen LogP contribution < -0.4 is 10.6 Å². The average Bonchev–Trinajstić information content (AvgIpc) is 2.65. The predicted molar refractivity (Wildman–Crippen MR) is 64.7 cm³/mol. The molecule has 1 aromatic rings. The molecule has 1 heterocycles. The molecule has 0 aromatic heterocycles. The van der Waals surface area contributed by atoms with Crippen LogP contribution in [0.25, 0.3) is 0 Å². The lowest BCUT2D eigenvalue weighted by Gasteiger charge is -2.08. The van der Waals surface area contributed by atoms with E-state index in [0.29, 0.717) is 0 Å². The zero-order chi connectivity index (χ0) is 10.7. The van der Waals surface area contributed by atoms with Gasteiger partial charge < -0.3 is 10.6 Å². The Bertz CT molecular complexity index is 362. The van der Waals surface area contributed by atoms with Gasteiger partial charge >= 0.3 is 0 Å². The van der Waals surface area contributed by atoms with E-state index in [0.717, 1.165) is 25.5 Å². The maximum atomic E-state index is 4.34. The maximum absolute atomic E-state index is 4.34. The van der Waals surface area contributed by atoms with Crippen molar-refractivity contribution >= 4 is 11.5 Å². The molecule has 2 N–H and O–H groups in total. The van der Waals surface area contributed by atoms with Gasteiger partial charge in [-0.05, 0) is 37.1 Å². The molecule has 0 radical (unpaired) electrons. The normalized spacial score (nSPS) is 14.7. The number of aryl methyl sites for hydroxylation is 2. The molecule has 3 heteroatoms. The van der Waals surface area contributed by atoms with Crippen LogP contribution in [-0.2, 0) is 0 Å². The molecule has 0 bridgehead atoms. The van der Waals surface area contributed by atoms with E-state index in [2.05, 4.69) is 47.7 Å². The highest BCUT2D eigenvalue weighted by Gasteiger charge is 2.04. The molecule has 3 nitrogen and oxygen atoms in total. The average molecular weight is 203 g/mol. The van der Waals surface area contributed by atoms with E-state index in [9.17, 15) is 0 Å². The molecule has 2 rings (SSSR count). The quantitative estimate of drug-likeness (QED) is 0.784. The molecule has 0 atom stereocenters. The second-order valence-corrected chi connectivity index (χ2v) is 3.99. The number of anilines is 1. The van der Waals surface area contributed by atoms with Gasteiger partial charge in [0.2, 0.25) is 0 Å². The largest absolute Gasteiger partial charge is 0.378 e.